The standard InChI is InChI=1S/C17H22F3N3O3/c1-12-13(5-6-14(21-12)17(18,19)20)16(25)23-10-8-22(9-11-23)7-3-4-15(24)26-2/h5-6H,3-4,7-11H2,1-2H3. The van der Waals surface area contributed by atoms with Crippen LogP contribution in [0.4, 0.5) is 13.2 Å². The fraction of sp³-hybridized carbons (Fsp3) is 0.588. The fourth-order valence-corrected chi connectivity index (χ4v) is 2.84. The molecule has 0 bridgehead atoms. The van der Waals surface area contributed by atoms with Crippen molar-refractivity contribution in [2.45, 2.75) is 25.9 Å². The van der Waals surface area contributed by atoms with Crippen molar-refractivity contribution < 1.29 is 27.5 Å². The van der Waals surface area contributed by atoms with Crippen molar-refractivity contribution in [3.8, 4) is 0 Å². The van der Waals surface area contributed by atoms with Crippen LogP contribution in [0.1, 0.15) is 34.6 Å². The molecule has 1 aliphatic heterocycles. The van der Waals surface area contributed by atoms with Crippen LogP contribution in [0, 0.1) is 6.92 Å². The first-order valence-electron chi connectivity index (χ1n) is 8.35. The van der Waals surface area contributed by atoms with E-state index < -0.39 is 11.9 Å². The normalized spacial score (nSPS) is 15.8. The molecule has 1 fully saturated rings. The maximum Gasteiger partial charge on any atom is 0.433 e. The minimum atomic E-state index is -4.53. The molecule has 9 heteroatoms. The molecule has 26 heavy (non-hydrogen) atoms. The molecule has 0 aliphatic carbocycles. The fourth-order valence-electron chi connectivity index (χ4n) is 2.84. The van der Waals surface area contributed by atoms with Crippen molar-refractivity contribution in [2.24, 2.45) is 0 Å². The lowest BCUT2D eigenvalue weighted by molar-refractivity contribution is -0.141. The first kappa shape index (κ1) is 20.2. The molecule has 2 heterocycles. The second kappa shape index (κ2) is 8.48. The van der Waals surface area contributed by atoms with Gasteiger partial charge in [-0.15, -0.1) is 0 Å². The zero-order chi connectivity index (χ0) is 19.3. The first-order valence-corrected chi connectivity index (χ1v) is 8.35. The molecular weight excluding hydrogens is 351 g/mol. The number of aryl methyl sites for hydroxylation is 1. The highest BCUT2D eigenvalue weighted by atomic mass is 19.4. The van der Waals surface area contributed by atoms with Crippen LogP contribution in [0.25, 0.3) is 0 Å². The zero-order valence-corrected chi connectivity index (χ0v) is 14.8. The third-order valence-electron chi connectivity index (χ3n) is 4.35. The highest BCUT2D eigenvalue weighted by Gasteiger charge is 2.33. The van der Waals surface area contributed by atoms with E-state index in [2.05, 4.69) is 14.6 Å². The third-order valence-corrected chi connectivity index (χ3v) is 4.35. The van der Waals surface area contributed by atoms with E-state index in [-0.39, 0.29) is 23.1 Å². The summed E-state index contributed by atoms with van der Waals surface area (Å²) < 4.78 is 42.6. The van der Waals surface area contributed by atoms with Gasteiger partial charge in [-0.05, 0) is 32.0 Å². The number of piperazine rings is 1. The van der Waals surface area contributed by atoms with Crippen LogP contribution < -0.4 is 0 Å². The van der Waals surface area contributed by atoms with Gasteiger partial charge in [-0.25, -0.2) is 4.98 Å². The Bertz CT molecular complexity index is 656. The number of pyridine rings is 1. The quantitative estimate of drug-likeness (QED) is 0.740. The number of carbonyl (C=O) groups excluding carboxylic acids is 2. The molecule has 0 radical (unpaired) electrons. The average molecular weight is 373 g/mol. The van der Waals surface area contributed by atoms with Crippen LogP contribution in [0.3, 0.4) is 0 Å². The molecule has 0 unspecified atom stereocenters. The van der Waals surface area contributed by atoms with Crippen LogP contribution in [0.2, 0.25) is 0 Å². The number of ether oxygens (including phenoxy) is 1. The molecule has 0 saturated carbocycles. The largest absolute Gasteiger partial charge is 0.469 e. The van der Waals surface area contributed by atoms with E-state index in [1.807, 2.05) is 0 Å². The van der Waals surface area contributed by atoms with Gasteiger partial charge in [-0.1, -0.05) is 0 Å². The van der Waals surface area contributed by atoms with Crippen molar-refractivity contribution in [3.63, 3.8) is 0 Å². The molecule has 1 aromatic rings. The van der Waals surface area contributed by atoms with Gasteiger partial charge in [0.1, 0.15) is 5.69 Å². The number of hydrogen-bond donors (Lipinski definition) is 0. The second-order valence-electron chi connectivity index (χ2n) is 6.14. The molecule has 6 nitrogen and oxygen atoms in total. The van der Waals surface area contributed by atoms with Crippen LogP contribution >= 0.6 is 0 Å². The van der Waals surface area contributed by atoms with Crippen LogP contribution in [-0.2, 0) is 15.7 Å². The molecular formula is C17H22F3N3O3. The Morgan fingerprint density at radius 3 is 2.38 bits per heavy atom. The van der Waals surface area contributed by atoms with Gasteiger partial charge in [0.2, 0.25) is 0 Å². The molecule has 144 valence electrons. The van der Waals surface area contributed by atoms with Crippen LogP contribution in [0.5, 0.6) is 0 Å². The number of nitrogens with zero attached hydrogens (tertiary/aromatic N) is 3. The van der Waals surface area contributed by atoms with Crippen molar-refractivity contribution in [2.75, 3.05) is 39.8 Å². The Kier molecular flexibility index (Phi) is 6.57. The summed E-state index contributed by atoms with van der Waals surface area (Å²) in [6, 6.07) is 2.03. The van der Waals surface area contributed by atoms with Crippen molar-refractivity contribution in [3.05, 3.63) is 29.1 Å². The average Bonchev–Trinajstić information content (AvgIpc) is 2.60. The summed E-state index contributed by atoms with van der Waals surface area (Å²) in [5, 5.41) is 0. The molecule has 1 aromatic heterocycles. The van der Waals surface area contributed by atoms with Gasteiger partial charge in [-0.3, -0.25) is 14.5 Å². The van der Waals surface area contributed by atoms with Gasteiger partial charge in [0.15, 0.2) is 0 Å². The molecule has 0 aromatic carbocycles. The van der Waals surface area contributed by atoms with Gasteiger partial charge < -0.3 is 9.64 Å². The summed E-state index contributed by atoms with van der Waals surface area (Å²) in [5.74, 6) is -0.554. The highest BCUT2D eigenvalue weighted by molar-refractivity contribution is 5.95. The Labute approximate surface area is 149 Å². The smallest absolute Gasteiger partial charge is 0.433 e. The molecule has 0 N–H and O–H groups in total. The molecule has 0 atom stereocenters. The summed E-state index contributed by atoms with van der Waals surface area (Å²) in [6.07, 6.45) is -3.49. The summed E-state index contributed by atoms with van der Waals surface area (Å²) in [4.78, 5) is 30.9. The number of amides is 1. The molecule has 1 aliphatic rings. The number of hydrogen-bond acceptors (Lipinski definition) is 5. The van der Waals surface area contributed by atoms with E-state index in [1.165, 1.54) is 20.1 Å². The van der Waals surface area contributed by atoms with E-state index in [1.54, 1.807) is 4.90 Å². The lowest BCUT2D eigenvalue weighted by atomic mass is 10.1. The van der Waals surface area contributed by atoms with Crippen LogP contribution in [0.15, 0.2) is 12.1 Å². The minimum Gasteiger partial charge on any atom is -0.469 e. The predicted molar refractivity (Wildman–Crippen MR) is 87.6 cm³/mol. The van der Waals surface area contributed by atoms with E-state index in [0.717, 1.165) is 12.6 Å². The Hall–Kier alpha value is -2.16. The van der Waals surface area contributed by atoms with E-state index in [9.17, 15) is 22.8 Å². The Morgan fingerprint density at radius 2 is 1.85 bits per heavy atom. The first-order chi connectivity index (χ1) is 12.2. The number of halogens is 3. The summed E-state index contributed by atoms with van der Waals surface area (Å²) >= 11 is 0. The topological polar surface area (TPSA) is 62.7 Å². The van der Waals surface area contributed by atoms with Crippen molar-refractivity contribution >= 4 is 11.9 Å². The number of aromatic nitrogens is 1. The van der Waals surface area contributed by atoms with E-state index >= 15 is 0 Å². The monoisotopic (exact) mass is 373 g/mol. The maximum absolute atomic E-state index is 12.7. The SMILES string of the molecule is COC(=O)CCCN1CCN(C(=O)c2ccc(C(F)(F)F)nc2C)CC1. The molecule has 2 rings (SSSR count). The minimum absolute atomic E-state index is 0.0744. The predicted octanol–water partition coefficient (Wildman–Crippen LogP) is 2.12. The Balaban J connectivity index is 1.89. The van der Waals surface area contributed by atoms with Crippen molar-refractivity contribution in [1.82, 2.24) is 14.8 Å². The third kappa shape index (κ3) is 5.17. The number of carbonyl (C=O) groups is 2. The summed E-state index contributed by atoms with van der Waals surface area (Å²) in [7, 11) is 1.35. The van der Waals surface area contributed by atoms with Gasteiger partial charge in [0, 0.05) is 32.6 Å². The second-order valence-corrected chi connectivity index (χ2v) is 6.14. The van der Waals surface area contributed by atoms with E-state index in [4.69, 9.17) is 0 Å². The highest BCUT2D eigenvalue weighted by Crippen LogP contribution is 2.28. The molecule has 1 amide bonds. The summed E-state index contributed by atoms with van der Waals surface area (Å²) in [5.41, 5.74) is -0.732. The number of alkyl halides is 3. The van der Waals surface area contributed by atoms with Crippen molar-refractivity contribution in [1.29, 1.82) is 0 Å². The van der Waals surface area contributed by atoms with Crippen LogP contribution in [-0.4, -0.2) is 66.5 Å². The van der Waals surface area contributed by atoms with Gasteiger partial charge in [0.25, 0.3) is 5.91 Å². The van der Waals surface area contributed by atoms with Gasteiger partial charge >= 0.3 is 12.1 Å². The van der Waals surface area contributed by atoms with E-state index in [0.29, 0.717) is 39.0 Å². The lowest BCUT2D eigenvalue weighted by Gasteiger charge is -2.34. The molecule has 1 saturated heterocycles. The maximum atomic E-state index is 12.7. The zero-order valence-electron chi connectivity index (χ0n) is 14.8. The number of rotatable bonds is 5. The number of methoxy groups -OCH3 is 1. The van der Waals surface area contributed by atoms with Gasteiger partial charge in [-0.2, -0.15) is 13.2 Å². The van der Waals surface area contributed by atoms with Gasteiger partial charge in [0.05, 0.1) is 18.4 Å². The Morgan fingerprint density at radius 1 is 1.19 bits per heavy atom. The molecule has 0 spiro atoms. The lowest BCUT2D eigenvalue weighted by Crippen LogP contribution is -2.49. The number of esters is 1. The summed E-state index contributed by atoms with van der Waals surface area (Å²) in [6.45, 7) is 4.42.